The highest BCUT2D eigenvalue weighted by Crippen LogP contribution is 2.28. The molecule has 2 rings (SSSR count). The van der Waals surface area contributed by atoms with Gasteiger partial charge in [0.2, 0.25) is 5.91 Å². The second-order valence-corrected chi connectivity index (χ2v) is 5.35. The zero-order chi connectivity index (χ0) is 12.8. The monoisotopic (exact) mass is 256 g/mol. The number of carbonyl (C=O) groups is 1. The summed E-state index contributed by atoms with van der Waals surface area (Å²) in [6, 6.07) is 0. The van der Waals surface area contributed by atoms with E-state index in [1.807, 2.05) is 4.90 Å². The summed E-state index contributed by atoms with van der Waals surface area (Å²) in [5.41, 5.74) is 0. The molecule has 1 aliphatic carbocycles. The number of hydrogen-bond acceptors (Lipinski definition) is 4. The number of likely N-dealkylation sites (tertiary alicyclic amines) is 1. The van der Waals surface area contributed by atoms with Crippen molar-refractivity contribution in [3.63, 3.8) is 0 Å². The van der Waals surface area contributed by atoms with Crippen LogP contribution in [0, 0.1) is 5.92 Å². The molecule has 2 aliphatic rings. The fraction of sp³-hybridized carbons (Fsp3) is 0.923. The molecule has 2 fully saturated rings. The molecule has 1 saturated carbocycles. The average Bonchev–Trinajstić information content (AvgIpc) is 3.01. The molecule has 0 bridgehead atoms. The Kier molecular flexibility index (Phi) is 5.41. The third-order valence-corrected chi connectivity index (χ3v) is 3.48. The fourth-order valence-electron chi connectivity index (χ4n) is 2.14. The second-order valence-electron chi connectivity index (χ2n) is 5.35. The molecule has 1 saturated heterocycles. The van der Waals surface area contributed by atoms with Crippen molar-refractivity contribution in [1.82, 2.24) is 10.2 Å². The van der Waals surface area contributed by atoms with Crippen molar-refractivity contribution in [1.29, 1.82) is 0 Å². The Morgan fingerprint density at radius 3 is 2.78 bits per heavy atom. The van der Waals surface area contributed by atoms with Crippen molar-refractivity contribution >= 4 is 5.91 Å². The van der Waals surface area contributed by atoms with E-state index in [1.165, 1.54) is 12.8 Å². The average molecular weight is 256 g/mol. The van der Waals surface area contributed by atoms with Gasteiger partial charge in [-0.15, -0.1) is 0 Å². The van der Waals surface area contributed by atoms with Crippen LogP contribution in [0.1, 0.15) is 25.7 Å². The third kappa shape index (κ3) is 4.92. The SMILES string of the molecule is O=C(CNCC(O)COCC1CC1)N1CCCC1. The van der Waals surface area contributed by atoms with Crippen LogP contribution in [0.25, 0.3) is 0 Å². The van der Waals surface area contributed by atoms with E-state index in [0.717, 1.165) is 38.5 Å². The first-order valence-corrected chi connectivity index (χ1v) is 7.00. The van der Waals surface area contributed by atoms with Gasteiger partial charge in [-0.25, -0.2) is 0 Å². The highest BCUT2D eigenvalue weighted by molar-refractivity contribution is 5.78. The predicted molar refractivity (Wildman–Crippen MR) is 68.2 cm³/mol. The molecule has 18 heavy (non-hydrogen) atoms. The first kappa shape index (κ1) is 13.8. The molecule has 0 aromatic carbocycles. The van der Waals surface area contributed by atoms with E-state index in [0.29, 0.717) is 19.7 Å². The smallest absolute Gasteiger partial charge is 0.236 e. The van der Waals surface area contributed by atoms with Gasteiger partial charge in [0.25, 0.3) is 0 Å². The molecular formula is C13H24N2O3. The van der Waals surface area contributed by atoms with E-state index < -0.39 is 6.10 Å². The minimum absolute atomic E-state index is 0.138. The van der Waals surface area contributed by atoms with Crippen LogP contribution in [0.5, 0.6) is 0 Å². The summed E-state index contributed by atoms with van der Waals surface area (Å²) in [4.78, 5) is 13.6. The molecule has 0 aromatic heterocycles. The number of aliphatic hydroxyl groups excluding tert-OH is 1. The largest absolute Gasteiger partial charge is 0.389 e. The number of amides is 1. The fourth-order valence-corrected chi connectivity index (χ4v) is 2.14. The van der Waals surface area contributed by atoms with Crippen molar-refractivity contribution < 1.29 is 14.6 Å². The number of nitrogens with one attached hydrogen (secondary N) is 1. The summed E-state index contributed by atoms with van der Waals surface area (Å²) >= 11 is 0. The molecule has 5 nitrogen and oxygen atoms in total. The van der Waals surface area contributed by atoms with Crippen LogP contribution in [-0.4, -0.2) is 61.4 Å². The zero-order valence-electron chi connectivity index (χ0n) is 10.9. The van der Waals surface area contributed by atoms with Crippen LogP contribution in [-0.2, 0) is 9.53 Å². The van der Waals surface area contributed by atoms with Gasteiger partial charge < -0.3 is 20.1 Å². The molecule has 1 unspecified atom stereocenters. The Balaban J connectivity index is 1.46. The second kappa shape index (κ2) is 7.07. The van der Waals surface area contributed by atoms with E-state index in [9.17, 15) is 9.90 Å². The first-order chi connectivity index (χ1) is 8.75. The maximum Gasteiger partial charge on any atom is 0.236 e. The Morgan fingerprint density at radius 1 is 1.39 bits per heavy atom. The molecule has 0 aromatic rings. The van der Waals surface area contributed by atoms with Crippen LogP contribution in [0.4, 0.5) is 0 Å². The minimum Gasteiger partial charge on any atom is -0.389 e. The van der Waals surface area contributed by atoms with Gasteiger partial charge in [-0.05, 0) is 31.6 Å². The lowest BCUT2D eigenvalue weighted by Gasteiger charge is -2.17. The third-order valence-electron chi connectivity index (χ3n) is 3.48. The Labute approximate surface area is 108 Å². The zero-order valence-corrected chi connectivity index (χ0v) is 10.9. The van der Waals surface area contributed by atoms with Crippen molar-refractivity contribution in [2.75, 3.05) is 39.4 Å². The number of nitrogens with zero attached hydrogens (tertiary/aromatic N) is 1. The van der Waals surface area contributed by atoms with Crippen LogP contribution >= 0.6 is 0 Å². The van der Waals surface area contributed by atoms with Crippen molar-refractivity contribution in [3.8, 4) is 0 Å². The van der Waals surface area contributed by atoms with Crippen molar-refractivity contribution in [2.45, 2.75) is 31.8 Å². The van der Waals surface area contributed by atoms with Crippen LogP contribution in [0.15, 0.2) is 0 Å². The van der Waals surface area contributed by atoms with Gasteiger partial charge in [0.1, 0.15) is 0 Å². The summed E-state index contributed by atoms with van der Waals surface area (Å²) in [7, 11) is 0. The molecule has 5 heteroatoms. The topological polar surface area (TPSA) is 61.8 Å². The predicted octanol–water partition coefficient (Wildman–Crippen LogP) is -0.0141. The maximum atomic E-state index is 11.7. The minimum atomic E-state index is -0.518. The highest BCUT2D eigenvalue weighted by atomic mass is 16.5. The number of ether oxygens (including phenoxy) is 1. The quantitative estimate of drug-likeness (QED) is 0.641. The van der Waals surface area contributed by atoms with E-state index in [4.69, 9.17) is 4.74 Å². The van der Waals surface area contributed by atoms with Gasteiger partial charge in [0.05, 0.1) is 19.3 Å². The lowest BCUT2D eigenvalue weighted by molar-refractivity contribution is -0.129. The number of carbonyl (C=O) groups excluding carboxylic acids is 1. The number of aliphatic hydroxyl groups is 1. The van der Waals surface area contributed by atoms with Crippen LogP contribution < -0.4 is 5.32 Å². The molecule has 0 spiro atoms. The molecule has 1 heterocycles. The first-order valence-electron chi connectivity index (χ1n) is 7.00. The summed E-state index contributed by atoms with van der Waals surface area (Å²) in [5.74, 6) is 0.862. The molecule has 0 radical (unpaired) electrons. The molecule has 1 amide bonds. The highest BCUT2D eigenvalue weighted by Gasteiger charge is 2.21. The van der Waals surface area contributed by atoms with Crippen LogP contribution in [0.3, 0.4) is 0 Å². The number of hydrogen-bond donors (Lipinski definition) is 2. The van der Waals surface area contributed by atoms with Gasteiger partial charge in [0, 0.05) is 26.2 Å². The lowest BCUT2D eigenvalue weighted by atomic mass is 10.3. The molecule has 1 aliphatic heterocycles. The van der Waals surface area contributed by atoms with E-state index in [1.54, 1.807) is 0 Å². The maximum absolute atomic E-state index is 11.7. The summed E-state index contributed by atoms with van der Waals surface area (Å²) in [6.07, 6.45) is 4.24. The summed E-state index contributed by atoms with van der Waals surface area (Å²) in [5, 5.41) is 12.6. The molecular weight excluding hydrogens is 232 g/mol. The van der Waals surface area contributed by atoms with Gasteiger partial charge in [-0.3, -0.25) is 4.79 Å². The van der Waals surface area contributed by atoms with Gasteiger partial charge in [0.15, 0.2) is 0 Å². The van der Waals surface area contributed by atoms with E-state index >= 15 is 0 Å². The van der Waals surface area contributed by atoms with Gasteiger partial charge >= 0.3 is 0 Å². The lowest BCUT2D eigenvalue weighted by Crippen LogP contribution is -2.39. The van der Waals surface area contributed by atoms with Crippen LogP contribution in [0.2, 0.25) is 0 Å². The normalized spacial score (nSPS) is 21.3. The van der Waals surface area contributed by atoms with Crippen molar-refractivity contribution in [2.24, 2.45) is 5.92 Å². The van der Waals surface area contributed by atoms with E-state index in [2.05, 4.69) is 5.32 Å². The molecule has 2 N–H and O–H groups in total. The summed E-state index contributed by atoms with van der Waals surface area (Å²) in [6.45, 7) is 3.64. The molecule has 104 valence electrons. The Bertz CT molecular complexity index is 263. The molecule has 1 atom stereocenters. The standard InChI is InChI=1S/C13H24N2O3/c16-12(10-18-9-11-3-4-11)7-14-8-13(17)15-5-1-2-6-15/h11-12,14,16H,1-10H2. The van der Waals surface area contributed by atoms with E-state index in [-0.39, 0.29) is 5.91 Å². The number of rotatable bonds is 8. The van der Waals surface area contributed by atoms with Gasteiger partial charge in [-0.2, -0.15) is 0 Å². The Morgan fingerprint density at radius 2 is 2.11 bits per heavy atom. The Hall–Kier alpha value is -0.650. The van der Waals surface area contributed by atoms with Gasteiger partial charge in [-0.1, -0.05) is 0 Å². The van der Waals surface area contributed by atoms with Crippen molar-refractivity contribution in [3.05, 3.63) is 0 Å². The summed E-state index contributed by atoms with van der Waals surface area (Å²) < 4.78 is 5.39.